The number of nitrogens with two attached hydrogens (primary N) is 1. The van der Waals surface area contributed by atoms with E-state index >= 15 is 0 Å². The molecule has 2 rings (SSSR count). The second-order valence-corrected chi connectivity index (χ2v) is 4.46. The summed E-state index contributed by atoms with van der Waals surface area (Å²) < 4.78 is 40.1. The zero-order valence-electron chi connectivity index (χ0n) is 11.0. The van der Waals surface area contributed by atoms with Crippen LogP contribution in [0.2, 0.25) is 0 Å². The van der Waals surface area contributed by atoms with Crippen LogP contribution in [0.1, 0.15) is 11.1 Å². The average molecular weight is 294 g/mol. The molecule has 0 bridgehead atoms. The Morgan fingerprint density at radius 3 is 2.52 bits per heavy atom. The average Bonchev–Trinajstić information content (AvgIpc) is 2.46. The SMILES string of the molecule is NCc1ccc(NC(=O)Cc2cccc(F)c2F)c(F)c1. The van der Waals surface area contributed by atoms with Gasteiger partial charge in [-0.05, 0) is 23.8 Å². The summed E-state index contributed by atoms with van der Waals surface area (Å²) >= 11 is 0. The standard InChI is InChI=1S/C15H13F3N2O/c16-11-3-1-2-10(15(11)18)7-14(21)20-13-5-4-9(8-19)6-12(13)17/h1-6H,7-8,19H2,(H,20,21). The first-order valence-corrected chi connectivity index (χ1v) is 6.22. The molecule has 0 aromatic heterocycles. The summed E-state index contributed by atoms with van der Waals surface area (Å²) in [7, 11) is 0. The predicted octanol–water partition coefficient (Wildman–Crippen LogP) is 2.74. The van der Waals surface area contributed by atoms with Gasteiger partial charge in [-0.25, -0.2) is 13.2 Å². The van der Waals surface area contributed by atoms with Gasteiger partial charge in [0.25, 0.3) is 0 Å². The number of anilines is 1. The van der Waals surface area contributed by atoms with Crippen LogP contribution in [0.5, 0.6) is 0 Å². The first kappa shape index (κ1) is 15.1. The maximum Gasteiger partial charge on any atom is 0.228 e. The first-order chi connectivity index (χ1) is 10.0. The number of halogens is 3. The summed E-state index contributed by atoms with van der Waals surface area (Å²) in [5.74, 6) is -3.38. The molecule has 0 fully saturated rings. The molecule has 2 aromatic rings. The quantitative estimate of drug-likeness (QED) is 0.911. The van der Waals surface area contributed by atoms with E-state index < -0.39 is 23.4 Å². The lowest BCUT2D eigenvalue weighted by Gasteiger charge is -2.08. The molecule has 0 heterocycles. The van der Waals surface area contributed by atoms with Crippen LogP contribution >= 0.6 is 0 Å². The van der Waals surface area contributed by atoms with Gasteiger partial charge in [0.2, 0.25) is 5.91 Å². The molecule has 0 aliphatic carbocycles. The van der Waals surface area contributed by atoms with Crippen LogP contribution in [0.15, 0.2) is 36.4 Å². The Morgan fingerprint density at radius 1 is 1.10 bits per heavy atom. The maximum absolute atomic E-state index is 13.7. The second-order valence-electron chi connectivity index (χ2n) is 4.46. The Balaban J connectivity index is 2.10. The molecular weight excluding hydrogens is 281 g/mol. The third-order valence-electron chi connectivity index (χ3n) is 2.93. The van der Waals surface area contributed by atoms with Crippen molar-refractivity contribution in [3.8, 4) is 0 Å². The van der Waals surface area contributed by atoms with Gasteiger partial charge in [-0.1, -0.05) is 18.2 Å². The summed E-state index contributed by atoms with van der Waals surface area (Å²) in [6, 6.07) is 7.71. The largest absolute Gasteiger partial charge is 0.326 e. The van der Waals surface area contributed by atoms with Crippen molar-refractivity contribution in [3.63, 3.8) is 0 Å². The summed E-state index contributed by atoms with van der Waals surface area (Å²) in [5.41, 5.74) is 5.83. The van der Waals surface area contributed by atoms with E-state index in [0.717, 1.165) is 6.07 Å². The first-order valence-electron chi connectivity index (χ1n) is 6.22. The maximum atomic E-state index is 13.7. The highest BCUT2D eigenvalue weighted by Crippen LogP contribution is 2.17. The monoisotopic (exact) mass is 294 g/mol. The van der Waals surface area contributed by atoms with Crippen molar-refractivity contribution in [2.24, 2.45) is 5.73 Å². The normalized spacial score (nSPS) is 10.5. The van der Waals surface area contributed by atoms with Crippen molar-refractivity contribution in [2.75, 3.05) is 5.32 Å². The Kier molecular flexibility index (Phi) is 4.59. The lowest BCUT2D eigenvalue weighted by atomic mass is 10.1. The number of carbonyl (C=O) groups excluding carboxylic acids is 1. The number of carbonyl (C=O) groups is 1. The lowest BCUT2D eigenvalue weighted by molar-refractivity contribution is -0.115. The minimum absolute atomic E-state index is 0.0333. The molecule has 6 heteroatoms. The molecule has 0 aliphatic heterocycles. The van der Waals surface area contributed by atoms with Crippen LogP contribution in [0.4, 0.5) is 18.9 Å². The Bertz CT molecular complexity index is 674. The number of nitrogens with one attached hydrogen (secondary N) is 1. The van der Waals surface area contributed by atoms with Crippen molar-refractivity contribution in [3.05, 3.63) is 65.0 Å². The molecule has 110 valence electrons. The Hall–Kier alpha value is -2.34. The van der Waals surface area contributed by atoms with Crippen LogP contribution in [-0.2, 0) is 17.8 Å². The van der Waals surface area contributed by atoms with E-state index in [-0.39, 0.29) is 24.2 Å². The number of hydrogen-bond donors (Lipinski definition) is 2. The fourth-order valence-electron chi connectivity index (χ4n) is 1.84. The van der Waals surface area contributed by atoms with Crippen LogP contribution in [0.25, 0.3) is 0 Å². The van der Waals surface area contributed by atoms with Crippen molar-refractivity contribution in [1.82, 2.24) is 0 Å². The minimum Gasteiger partial charge on any atom is -0.326 e. The molecule has 0 radical (unpaired) electrons. The highest BCUT2D eigenvalue weighted by Gasteiger charge is 2.13. The molecule has 0 atom stereocenters. The molecular formula is C15H13F3N2O. The molecule has 3 N–H and O–H groups in total. The summed E-state index contributed by atoms with van der Waals surface area (Å²) in [6.07, 6.45) is -0.387. The minimum atomic E-state index is -1.08. The zero-order valence-corrected chi connectivity index (χ0v) is 11.0. The van der Waals surface area contributed by atoms with E-state index in [9.17, 15) is 18.0 Å². The number of benzene rings is 2. The van der Waals surface area contributed by atoms with Gasteiger partial charge in [0.05, 0.1) is 12.1 Å². The predicted molar refractivity (Wildman–Crippen MR) is 73.0 cm³/mol. The fourth-order valence-corrected chi connectivity index (χ4v) is 1.84. The number of rotatable bonds is 4. The number of amides is 1. The van der Waals surface area contributed by atoms with Gasteiger partial charge in [0.1, 0.15) is 5.82 Å². The molecule has 21 heavy (non-hydrogen) atoms. The van der Waals surface area contributed by atoms with Gasteiger partial charge in [0, 0.05) is 12.1 Å². The van der Waals surface area contributed by atoms with E-state index in [1.54, 1.807) is 6.07 Å². The third-order valence-corrected chi connectivity index (χ3v) is 2.93. The van der Waals surface area contributed by atoms with Crippen LogP contribution < -0.4 is 11.1 Å². The molecule has 0 saturated heterocycles. The second kappa shape index (κ2) is 6.41. The molecule has 1 amide bonds. The number of hydrogen-bond acceptors (Lipinski definition) is 2. The van der Waals surface area contributed by atoms with E-state index in [2.05, 4.69) is 5.32 Å². The van der Waals surface area contributed by atoms with Crippen molar-refractivity contribution in [1.29, 1.82) is 0 Å². The topological polar surface area (TPSA) is 55.1 Å². The van der Waals surface area contributed by atoms with Gasteiger partial charge < -0.3 is 11.1 Å². The summed E-state index contributed by atoms with van der Waals surface area (Å²) in [6.45, 7) is 0.180. The molecule has 3 nitrogen and oxygen atoms in total. The van der Waals surface area contributed by atoms with Crippen molar-refractivity contribution >= 4 is 11.6 Å². The van der Waals surface area contributed by atoms with E-state index in [1.165, 1.54) is 24.3 Å². The van der Waals surface area contributed by atoms with Gasteiger partial charge in [-0.2, -0.15) is 0 Å². The van der Waals surface area contributed by atoms with Crippen LogP contribution in [0.3, 0.4) is 0 Å². The Labute approximate surface area is 119 Å². The van der Waals surface area contributed by atoms with Crippen molar-refractivity contribution in [2.45, 2.75) is 13.0 Å². The molecule has 0 unspecified atom stereocenters. The van der Waals surface area contributed by atoms with E-state index in [1.807, 2.05) is 0 Å². The van der Waals surface area contributed by atoms with Gasteiger partial charge in [0.15, 0.2) is 11.6 Å². The third kappa shape index (κ3) is 3.61. The van der Waals surface area contributed by atoms with Gasteiger partial charge >= 0.3 is 0 Å². The molecule has 2 aromatic carbocycles. The highest BCUT2D eigenvalue weighted by atomic mass is 19.2. The smallest absolute Gasteiger partial charge is 0.228 e. The highest BCUT2D eigenvalue weighted by molar-refractivity contribution is 5.92. The molecule has 0 spiro atoms. The molecule has 0 saturated carbocycles. The van der Waals surface area contributed by atoms with Crippen molar-refractivity contribution < 1.29 is 18.0 Å². The van der Waals surface area contributed by atoms with Gasteiger partial charge in [-0.15, -0.1) is 0 Å². The van der Waals surface area contributed by atoms with E-state index in [0.29, 0.717) is 5.56 Å². The summed E-state index contributed by atoms with van der Waals surface area (Å²) in [4.78, 5) is 11.8. The van der Waals surface area contributed by atoms with Crippen LogP contribution in [0, 0.1) is 17.5 Å². The van der Waals surface area contributed by atoms with E-state index in [4.69, 9.17) is 5.73 Å². The summed E-state index contributed by atoms with van der Waals surface area (Å²) in [5, 5.41) is 2.31. The molecule has 0 aliphatic rings. The van der Waals surface area contributed by atoms with Crippen LogP contribution in [-0.4, -0.2) is 5.91 Å². The lowest BCUT2D eigenvalue weighted by Crippen LogP contribution is -2.16. The van der Waals surface area contributed by atoms with Gasteiger partial charge in [-0.3, -0.25) is 4.79 Å². The fraction of sp³-hybridized carbons (Fsp3) is 0.133. The Morgan fingerprint density at radius 2 is 1.86 bits per heavy atom. The zero-order chi connectivity index (χ0) is 15.4.